The lowest BCUT2D eigenvalue weighted by Gasteiger charge is -2.28. The van der Waals surface area contributed by atoms with Gasteiger partial charge < -0.3 is 10.8 Å². The van der Waals surface area contributed by atoms with Gasteiger partial charge in [0.15, 0.2) is 0 Å². The van der Waals surface area contributed by atoms with Crippen LogP contribution in [0.1, 0.15) is 63.8 Å². The maximum Gasteiger partial charge on any atom is 0.123 e. The van der Waals surface area contributed by atoms with Crippen LogP contribution in [0, 0.1) is 0 Å². The van der Waals surface area contributed by atoms with Gasteiger partial charge in [-0.1, -0.05) is 41.5 Å². The highest BCUT2D eigenvalue weighted by atomic mass is 16.3. The highest BCUT2D eigenvalue weighted by Gasteiger charge is 2.26. The number of phenols is 1. The highest BCUT2D eigenvalue weighted by molar-refractivity contribution is 5.80. The van der Waals surface area contributed by atoms with E-state index in [1.807, 2.05) is 30.3 Å². The summed E-state index contributed by atoms with van der Waals surface area (Å²) in [4.78, 5) is 4.02. The van der Waals surface area contributed by atoms with Gasteiger partial charge in [-0.2, -0.15) is 0 Å². The predicted molar refractivity (Wildman–Crippen MR) is 102 cm³/mol. The monoisotopic (exact) mass is 324 g/mol. The third-order valence-corrected chi connectivity index (χ3v) is 4.08. The van der Waals surface area contributed by atoms with E-state index in [4.69, 9.17) is 5.73 Å². The molecule has 0 amide bonds. The predicted octanol–water partition coefficient (Wildman–Crippen LogP) is 4.84. The molecule has 1 heterocycles. The fourth-order valence-electron chi connectivity index (χ4n) is 2.69. The van der Waals surface area contributed by atoms with Gasteiger partial charge in [0.05, 0.1) is 0 Å². The molecular weight excluding hydrogens is 296 g/mol. The van der Waals surface area contributed by atoms with Crippen molar-refractivity contribution in [3.8, 4) is 5.75 Å². The molecule has 0 aliphatic heterocycles. The lowest BCUT2D eigenvalue weighted by Crippen LogP contribution is -2.17. The molecule has 0 unspecified atom stereocenters. The van der Waals surface area contributed by atoms with Crippen molar-refractivity contribution in [1.82, 2.24) is 4.98 Å². The molecule has 0 saturated carbocycles. The van der Waals surface area contributed by atoms with E-state index in [1.165, 1.54) is 0 Å². The van der Waals surface area contributed by atoms with Crippen LogP contribution < -0.4 is 5.73 Å². The average molecular weight is 324 g/mol. The van der Waals surface area contributed by atoms with Crippen molar-refractivity contribution in [2.24, 2.45) is 5.73 Å². The second-order valence-corrected chi connectivity index (χ2v) is 8.30. The number of hydrogen-bond donors (Lipinski definition) is 2. The van der Waals surface area contributed by atoms with Crippen molar-refractivity contribution in [3.05, 3.63) is 58.9 Å². The topological polar surface area (TPSA) is 59.1 Å². The Morgan fingerprint density at radius 3 is 1.83 bits per heavy atom. The molecule has 0 radical (unpaired) electrons. The van der Waals surface area contributed by atoms with Gasteiger partial charge in [-0.3, -0.25) is 4.98 Å². The summed E-state index contributed by atoms with van der Waals surface area (Å²) in [6, 6.07) is 7.83. The molecule has 0 aliphatic carbocycles. The molecule has 2 rings (SSSR count). The van der Waals surface area contributed by atoms with Crippen LogP contribution in [0.2, 0.25) is 0 Å². The average Bonchev–Trinajstić information content (AvgIpc) is 2.47. The molecule has 0 fully saturated rings. The van der Waals surface area contributed by atoms with E-state index in [2.05, 4.69) is 46.5 Å². The van der Waals surface area contributed by atoms with Crippen molar-refractivity contribution in [1.29, 1.82) is 0 Å². The number of nitrogens with zero attached hydrogens (tertiary/aromatic N) is 1. The summed E-state index contributed by atoms with van der Waals surface area (Å²) in [6.07, 6.45) is 5.42. The number of aromatic nitrogens is 1. The first-order valence-electron chi connectivity index (χ1n) is 8.25. The minimum Gasteiger partial charge on any atom is -0.507 e. The van der Waals surface area contributed by atoms with Crippen LogP contribution in [0.3, 0.4) is 0 Å². The zero-order chi connectivity index (χ0) is 18.1. The molecule has 3 N–H and O–H groups in total. The van der Waals surface area contributed by atoms with Crippen LogP contribution in [-0.4, -0.2) is 10.1 Å². The number of aromatic hydroxyl groups is 1. The van der Waals surface area contributed by atoms with E-state index in [0.29, 0.717) is 11.4 Å². The van der Waals surface area contributed by atoms with Gasteiger partial charge in [0.2, 0.25) is 0 Å². The standard InChI is InChI=1S/C21H28N2O/c1-20(2,3)16-11-14(12-17(19(16)24)21(4,5)6)13-18(22)15-7-9-23-10-8-15/h7-13,24H,22H2,1-6H3/b18-13-. The van der Waals surface area contributed by atoms with Gasteiger partial charge >= 0.3 is 0 Å². The minimum absolute atomic E-state index is 0.153. The van der Waals surface area contributed by atoms with Gasteiger partial charge in [-0.25, -0.2) is 0 Å². The molecule has 0 aliphatic rings. The first kappa shape index (κ1) is 18.1. The van der Waals surface area contributed by atoms with Gasteiger partial charge in [-0.15, -0.1) is 0 Å². The number of hydrogen-bond acceptors (Lipinski definition) is 3. The molecule has 0 spiro atoms. The Balaban J connectivity index is 2.63. The molecule has 1 aromatic heterocycles. The summed E-state index contributed by atoms with van der Waals surface area (Å²) in [5, 5.41) is 10.8. The Labute approximate surface area is 145 Å². The zero-order valence-corrected chi connectivity index (χ0v) is 15.5. The van der Waals surface area contributed by atoms with Crippen molar-refractivity contribution in [3.63, 3.8) is 0 Å². The van der Waals surface area contributed by atoms with Crippen molar-refractivity contribution in [2.45, 2.75) is 52.4 Å². The molecule has 128 valence electrons. The van der Waals surface area contributed by atoms with Crippen molar-refractivity contribution in [2.75, 3.05) is 0 Å². The summed E-state index contributed by atoms with van der Waals surface area (Å²) in [5.41, 5.74) is 10.4. The minimum atomic E-state index is -0.153. The lowest BCUT2D eigenvalue weighted by molar-refractivity contribution is 0.423. The van der Waals surface area contributed by atoms with E-state index >= 15 is 0 Å². The fourth-order valence-corrected chi connectivity index (χ4v) is 2.69. The quantitative estimate of drug-likeness (QED) is 0.831. The Bertz CT molecular complexity index is 713. The third-order valence-electron chi connectivity index (χ3n) is 4.08. The first-order chi connectivity index (χ1) is 11.0. The zero-order valence-electron chi connectivity index (χ0n) is 15.5. The van der Waals surface area contributed by atoms with Crippen molar-refractivity contribution >= 4 is 11.8 Å². The molecule has 1 aromatic carbocycles. The first-order valence-corrected chi connectivity index (χ1v) is 8.25. The van der Waals surface area contributed by atoms with Crippen LogP contribution in [0.5, 0.6) is 5.75 Å². The molecular formula is C21H28N2O. The third kappa shape index (κ3) is 3.97. The summed E-state index contributed by atoms with van der Waals surface area (Å²) < 4.78 is 0. The SMILES string of the molecule is CC(C)(C)c1cc(/C=C(\N)c2ccncc2)cc(C(C)(C)C)c1O. The van der Waals surface area contributed by atoms with E-state index in [1.54, 1.807) is 12.4 Å². The lowest BCUT2D eigenvalue weighted by atomic mass is 9.78. The van der Waals surface area contributed by atoms with Crippen LogP contribution >= 0.6 is 0 Å². The largest absolute Gasteiger partial charge is 0.507 e. The number of benzene rings is 1. The van der Waals surface area contributed by atoms with Crippen LogP contribution in [0.4, 0.5) is 0 Å². The second kappa shape index (κ2) is 6.31. The van der Waals surface area contributed by atoms with Gasteiger partial charge in [0, 0.05) is 34.8 Å². The van der Waals surface area contributed by atoms with Gasteiger partial charge in [0.1, 0.15) is 5.75 Å². The Morgan fingerprint density at radius 2 is 1.42 bits per heavy atom. The molecule has 24 heavy (non-hydrogen) atoms. The molecule has 0 bridgehead atoms. The van der Waals surface area contributed by atoms with E-state index in [0.717, 1.165) is 22.3 Å². The fraction of sp³-hybridized carbons (Fsp3) is 0.381. The molecule has 0 saturated heterocycles. The maximum absolute atomic E-state index is 10.8. The normalized spacial score (nSPS) is 13.2. The van der Waals surface area contributed by atoms with E-state index in [9.17, 15) is 5.11 Å². The van der Waals surface area contributed by atoms with Crippen LogP contribution in [0.15, 0.2) is 36.7 Å². The van der Waals surface area contributed by atoms with Crippen LogP contribution in [0.25, 0.3) is 11.8 Å². The summed E-state index contributed by atoms with van der Waals surface area (Å²) in [6.45, 7) is 12.6. The van der Waals surface area contributed by atoms with Crippen molar-refractivity contribution < 1.29 is 5.11 Å². The second-order valence-electron chi connectivity index (χ2n) is 8.30. The Morgan fingerprint density at radius 1 is 0.958 bits per heavy atom. The molecule has 3 heteroatoms. The number of nitrogens with two attached hydrogens (primary N) is 1. The molecule has 0 atom stereocenters. The van der Waals surface area contributed by atoms with Gasteiger partial charge in [-0.05, 0) is 46.7 Å². The van der Waals surface area contributed by atoms with E-state index in [-0.39, 0.29) is 10.8 Å². The Kier molecular flexibility index (Phi) is 4.75. The number of phenolic OH excluding ortho intramolecular Hbond substituents is 1. The molecule has 2 aromatic rings. The molecule has 3 nitrogen and oxygen atoms in total. The number of pyridine rings is 1. The highest BCUT2D eigenvalue weighted by Crippen LogP contribution is 2.40. The van der Waals surface area contributed by atoms with E-state index < -0.39 is 0 Å². The number of rotatable bonds is 2. The summed E-state index contributed by atoms with van der Waals surface area (Å²) in [5.74, 6) is 0.384. The maximum atomic E-state index is 10.8. The Hall–Kier alpha value is -2.29. The van der Waals surface area contributed by atoms with Gasteiger partial charge in [0.25, 0.3) is 0 Å². The van der Waals surface area contributed by atoms with Crippen LogP contribution in [-0.2, 0) is 10.8 Å². The smallest absolute Gasteiger partial charge is 0.123 e. The summed E-state index contributed by atoms with van der Waals surface area (Å²) >= 11 is 0. The summed E-state index contributed by atoms with van der Waals surface area (Å²) in [7, 11) is 0.